The lowest BCUT2D eigenvalue weighted by Crippen LogP contribution is -2.31. The van der Waals surface area contributed by atoms with E-state index in [0.29, 0.717) is 20.6 Å². The number of hydrogen-bond donors (Lipinski definition) is 10. The molecule has 26 heteroatoms. The van der Waals surface area contributed by atoms with Crippen LogP contribution >= 0.6 is 34.2 Å². The zero-order valence-corrected chi connectivity index (χ0v) is 42.7. The number of nitro groups is 1. The fourth-order valence-electron chi connectivity index (χ4n) is 6.01. The number of nitrogen functional groups attached to an aromatic ring is 2. The molecule has 1 amide bonds. The molecule has 0 radical (unpaired) electrons. The first-order valence-corrected chi connectivity index (χ1v) is 23.9. The molecule has 12 N–H and O–H groups in total. The minimum absolute atomic E-state index is 0.0463. The first kappa shape index (κ1) is 59.6. The third-order valence-electron chi connectivity index (χ3n) is 9.64. The summed E-state index contributed by atoms with van der Waals surface area (Å²) in [7, 11) is -4.32. The molecule has 0 spiro atoms. The first-order valence-electron chi connectivity index (χ1n) is 21.0. The minimum Gasteiger partial charge on any atom is -0.505 e. The lowest BCUT2D eigenvalue weighted by Gasteiger charge is -2.20. The molecule has 0 aliphatic carbocycles. The molecular weight excluding hydrogens is 1120 g/mol. The third kappa shape index (κ3) is 17.6. The van der Waals surface area contributed by atoms with Crippen molar-refractivity contribution in [3.8, 4) is 5.75 Å². The van der Waals surface area contributed by atoms with E-state index in [-0.39, 0.29) is 60.3 Å². The average molecular weight is 1170 g/mol. The van der Waals surface area contributed by atoms with Crippen LogP contribution in [0.4, 0.5) is 28.6 Å². The Hall–Kier alpha value is -8.66. The van der Waals surface area contributed by atoms with Gasteiger partial charge in [0.2, 0.25) is 0 Å². The molecule has 388 valence electrons. The van der Waals surface area contributed by atoms with Crippen LogP contribution in [0.5, 0.6) is 5.75 Å². The Morgan fingerprint density at radius 3 is 1.85 bits per heavy atom. The fraction of sp³-hybridized carbons (Fsp3) is 0.104. The summed E-state index contributed by atoms with van der Waals surface area (Å²) in [6.45, 7) is 7.85. The number of aromatic hydroxyl groups is 1. The van der Waals surface area contributed by atoms with Crippen LogP contribution in [0.15, 0.2) is 132 Å². The highest BCUT2D eigenvalue weighted by molar-refractivity contribution is 14.1. The molecule has 0 saturated heterocycles. The number of amides is 1. The topological polar surface area (TPSA) is 389 Å². The van der Waals surface area contributed by atoms with Gasteiger partial charge in [-0.2, -0.15) is 8.42 Å². The van der Waals surface area contributed by atoms with Crippen LogP contribution in [0.25, 0.3) is 10.9 Å². The van der Waals surface area contributed by atoms with E-state index in [2.05, 4.69) is 39.6 Å². The van der Waals surface area contributed by atoms with Gasteiger partial charge in [0.15, 0.2) is 5.75 Å². The molecule has 0 aliphatic rings. The van der Waals surface area contributed by atoms with E-state index in [1.165, 1.54) is 48.7 Å². The van der Waals surface area contributed by atoms with Gasteiger partial charge in [-0.1, -0.05) is 41.4 Å². The fourth-order valence-corrected chi connectivity index (χ4v) is 7.66. The molecule has 2 heterocycles. The van der Waals surface area contributed by atoms with Crippen molar-refractivity contribution in [3.63, 3.8) is 0 Å². The second kappa shape index (κ2) is 27.8. The van der Waals surface area contributed by atoms with E-state index >= 15 is 0 Å². The number of rotatable bonds is 12. The molecule has 0 unspecified atom stereocenters. The van der Waals surface area contributed by atoms with Crippen LogP contribution in [0, 0.1) is 20.6 Å². The summed E-state index contributed by atoms with van der Waals surface area (Å²) in [6, 6.07) is 30.2. The lowest BCUT2D eigenvalue weighted by molar-refractivity contribution is -0.383. The summed E-state index contributed by atoms with van der Waals surface area (Å²) in [5.74, 6) is -4.57. The summed E-state index contributed by atoms with van der Waals surface area (Å²) in [4.78, 5) is 73.8. The second-order valence-corrected chi connectivity index (χ2v) is 17.6. The van der Waals surface area contributed by atoms with Gasteiger partial charge in [0.1, 0.15) is 27.1 Å². The van der Waals surface area contributed by atoms with Gasteiger partial charge in [-0.3, -0.25) is 35.3 Å². The van der Waals surface area contributed by atoms with Crippen molar-refractivity contribution in [2.75, 3.05) is 34.9 Å². The highest BCUT2D eigenvalue weighted by Crippen LogP contribution is 2.33. The van der Waals surface area contributed by atoms with Crippen LogP contribution in [-0.2, 0) is 10.1 Å². The van der Waals surface area contributed by atoms with Crippen molar-refractivity contribution in [2.24, 2.45) is 0 Å². The smallest absolute Gasteiger partial charge is 0.337 e. The van der Waals surface area contributed by atoms with Gasteiger partial charge >= 0.3 is 23.9 Å². The molecule has 0 saturated carbocycles. The Balaban J connectivity index is 0.000000248. The number of aryl methyl sites for hydroxylation is 1. The number of halogens is 2. The number of hydrazine groups is 1. The van der Waals surface area contributed by atoms with Crippen LogP contribution < -0.4 is 27.2 Å². The van der Waals surface area contributed by atoms with Gasteiger partial charge in [-0.25, -0.2) is 24.2 Å². The Bertz CT molecular complexity index is 3290. The van der Waals surface area contributed by atoms with Crippen molar-refractivity contribution in [2.45, 2.75) is 25.7 Å². The number of carboxylic acid groups (broad SMARTS) is 4. The maximum atomic E-state index is 11.9. The van der Waals surface area contributed by atoms with Crippen molar-refractivity contribution in [1.29, 1.82) is 0 Å². The monoisotopic (exact) mass is 1170 g/mol. The number of carbonyl (C=O) groups is 5. The summed E-state index contributed by atoms with van der Waals surface area (Å²) in [6.07, 6.45) is 1.44. The molecule has 5 aromatic carbocycles. The van der Waals surface area contributed by atoms with E-state index < -0.39 is 44.8 Å². The molecule has 2 aromatic heterocycles. The number of carboxylic acids is 4. The number of phenolic OH excluding ortho intramolecular Hbond substituents is 1. The standard InChI is InChI=1S/C13H10ClN3O3.C11H15NO2.C9H6INO4S.C8H9NO2.C7H6N2O4/c14-10-6-3-7-11(15-10)16-17-12(18)8-4-1-2-5-9(8)13(19)20;1-3-12(4-2)10-7-5-9(6-8-10)11(13)14;10-6-4-7(16(13,14)15)5-2-1-3-11-8(5)9(6)12;1-5-2-3-7(9)6(4-5)8(10)11;8-5-2-1-4(7(10)11)3-6(5)9(12)13/h1-7H,(H,15,16)(H,17,18)(H,19,20);5-8H,3-4H2,1-2H3,(H,13,14);1-4,12H,(H,13,14,15);2-4H,9H2,1H3,(H,10,11);1-3H,8H2,(H,10,11). The number of nitrogens with two attached hydrogens (primary N) is 2. The summed E-state index contributed by atoms with van der Waals surface area (Å²) in [5, 5.41) is 55.4. The Labute approximate surface area is 440 Å². The van der Waals surface area contributed by atoms with Gasteiger partial charge in [0.25, 0.3) is 21.7 Å². The number of carbonyl (C=O) groups excluding carboxylic acids is 1. The molecule has 7 aromatic rings. The van der Waals surface area contributed by atoms with Crippen LogP contribution in [0.2, 0.25) is 5.15 Å². The van der Waals surface area contributed by atoms with E-state index in [1.807, 2.05) is 19.1 Å². The molecule has 0 aliphatic heterocycles. The summed E-state index contributed by atoms with van der Waals surface area (Å²) < 4.78 is 31.7. The number of pyridine rings is 2. The normalized spacial score (nSPS) is 10.2. The number of hydrogen-bond acceptors (Lipinski definition) is 16. The van der Waals surface area contributed by atoms with Crippen molar-refractivity contribution in [1.82, 2.24) is 15.4 Å². The highest BCUT2D eigenvalue weighted by Gasteiger charge is 2.20. The predicted octanol–water partition coefficient (Wildman–Crippen LogP) is 8.36. The summed E-state index contributed by atoms with van der Waals surface area (Å²) >= 11 is 7.47. The quantitative estimate of drug-likeness (QED) is 0.0137. The van der Waals surface area contributed by atoms with Crippen molar-refractivity contribution < 1.29 is 67.4 Å². The van der Waals surface area contributed by atoms with Crippen LogP contribution in [0.3, 0.4) is 0 Å². The summed E-state index contributed by atoms with van der Waals surface area (Å²) in [5.41, 5.74) is 17.9. The molecule has 23 nitrogen and oxygen atoms in total. The van der Waals surface area contributed by atoms with Gasteiger partial charge in [-0.15, -0.1) is 0 Å². The SMILES string of the molecule is CCN(CC)c1ccc(C(=O)O)cc1.Cc1ccc(N)c(C(=O)O)c1.Nc1ccc(C(=O)O)cc1[N+](=O)[O-].O=C(O)c1ccccc1C(=O)NNc1cccc(Cl)n1.O=S(=O)(O)c1cc(I)c(O)c2ncccc12. The first-order chi connectivity index (χ1) is 34.8. The van der Waals surface area contributed by atoms with E-state index in [9.17, 15) is 47.6 Å². The van der Waals surface area contributed by atoms with Crippen molar-refractivity contribution >= 4 is 114 Å². The molecule has 7 rings (SSSR count). The highest BCUT2D eigenvalue weighted by atomic mass is 127. The van der Waals surface area contributed by atoms with Crippen molar-refractivity contribution in [3.05, 3.63) is 180 Å². The minimum atomic E-state index is -4.32. The molecule has 74 heavy (non-hydrogen) atoms. The van der Waals surface area contributed by atoms with Crippen LogP contribution in [0.1, 0.15) is 71.2 Å². The number of aromatic nitrogens is 2. The van der Waals surface area contributed by atoms with Crippen LogP contribution in [-0.4, -0.2) is 96.3 Å². The van der Waals surface area contributed by atoms with Gasteiger partial charge in [0.05, 0.1) is 36.3 Å². The zero-order chi connectivity index (χ0) is 55.4. The Morgan fingerprint density at radius 1 is 0.743 bits per heavy atom. The predicted molar refractivity (Wildman–Crippen MR) is 284 cm³/mol. The average Bonchev–Trinajstić information content (AvgIpc) is 3.36. The van der Waals surface area contributed by atoms with Gasteiger partial charge < -0.3 is 41.9 Å². The third-order valence-corrected chi connectivity index (χ3v) is 11.6. The molecule has 0 fully saturated rings. The molecule has 0 atom stereocenters. The number of anilines is 4. The number of benzene rings is 5. The number of nitrogens with one attached hydrogen (secondary N) is 2. The Morgan fingerprint density at radius 2 is 1.32 bits per heavy atom. The second-order valence-electron chi connectivity index (χ2n) is 14.6. The number of phenols is 1. The largest absolute Gasteiger partial charge is 0.505 e. The number of nitrogens with zero attached hydrogens (tertiary/aromatic N) is 4. The number of fused-ring (bicyclic) bond motifs is 1. The molecule has 0 bridgehead atoms. The maximum Gasteiger partial charge on any atom is 0.337 e. The van der Waals surface area contributed by atoms with Gasteiger partial charge in [-0.05, 0) is 134 Å². The Kier molecular flexibility index (Phi) is 22.4. The zero-order valence-electron chi connectivity index (χ0n) is 39.0. The number of nitro benzene ring substituents is 1. The number of aromatic carboxylic acids is 4. The van der Waals surface area contributed by atoms with E-state index in [1.54, 1.807) is 83.3 Å². The van der Waals surface area contributed by atoms with E-state index in [4.69, 9.17) is 48.0 Å². The lowest BCUT2D eigenvalue weighted by atomic mass is 10.1. The maximum absolute atomic E-state index is 11.9. The molecular formula is C48H46ClIN8O15S. The van der Waals surface area contributed by atoms with Gasteiger partial charge in [0, 0.05) is 42.1 Å². The van der Waals surface area contributed by atoms with E-state index in [0.717, 1.165) is 30.4 Å².